The summed E-state index contributed by atoms with van der Waals surface area (Å²) < 4.78 is 1.24. The fourth-order valence-electron chi connectivity index (χ4n) is 1.17. The molecule has 0 radical (unpaired) electrons. The topological polar surface area (TPSA) is 28.7 Å². The Balaban J connectivity index is 2.41. The van der Waals surface area contributed by atoms with Crippen molar-refractivity contribution in [2.24, 2.45) is 0 Å². The molecule has 13 heavy (non-hydrogen) atoms. The van der Waals surface area contributed by atoms with Crippen molar-refractivity contribution in [2.45, 2.75) is 6.92 Å². The predicted octanol–water partition coefficient (Wildman–Crippen LogP) is 2.99. The van der Waals surface area contributed by atoms with Crippen LogP contribution in [-0.4, -0.2) is 9.97 Å². The van der Waals surface area contributed by atoms with Crippen molar-refractivity contribution in [1.29, 1.82) is 0 Å². The Morgan fingerprint density at radius 1 is 1.23 bits per heavy atom. The third kappa shape index (κ3) is 1.91. The first-order chi connectivity index (χ1) is 6.25. The van der Waals surface area contributed by atoms with Crippen LogP contribution in [0.15, 0.2) is 30.5 Å². The zero-order chi connectivity index (χ0) is 9.26. The van der Waals surface area contributed by atoms with Gasteiger partial charge in [-0.05, 0) is 41.6 Å². The van der Waals surface area contributed by atoms with Gasteiger partial charge in [0.2, 0.25) is 0 Å². The highest BCUT2D eigenvalue weighted by Crippen LogP contribution is 2.16. The molecule has 1 N–H and O–H groups in total. The minimum atomic E-state index is 0.939. The number of aromatic nitrogens is 2. The molecule has 0 aliphatic carbocycles. The molecule has 1 aromatic heterocycles. The number of H-pyrrole nitrogens is 1. The molecular formula is C10H9IN2. The second-order valence-corrected chi connectivity index (χ2v) is 4.17. The largest absolute Gasteiger partial charge is 0.342 e. The molecule has 2 aromatic rings. The molecule has 0 spiro atoms. The SMILES string of the molecule is Cc1cnc(-c2ccc(I)cc2)[nH]1. The number of hydrogen-bond acceptors (Lipinski definition) is 1. The molecule has 2 rings (SSSR count). The lowest BCUT2D eigenvalue weighted by molar-refractivity contribution is 1.25. The Morgan fingerprint density at radius 3 is 2.46 bits per heavy atom. The van der Waals surface area contributed by atoms with Crippen LogP contribution in [0.3, 0.4) is 0 Å². The van der Waals surface area contributed by atoms with E-state index in [1.165, 1.54) is 3.57 Å². The zero-order valence-corrected chi connectivity index (χ0v) is 9.37. The Hall–Kier alpha value is -0.840. The summed E-state index contributed by atoms with van der Waals surface area (Å²) in [5.74, 6) is 0.939. The molecule has 0 atom stereocenters. The van der Waals surface area contributed by atoms with Gasteiger partial charge in [0, 0.05) is 21.0 Å². The van der Waals surface area contributed by atoms with Gasteiger partial charge in [0.1, 0.15) is 5.82 Å². The Kier molecular flexibility index (Phi) is 2.35. The maximum atomic E-state index is 4.26. The van der Waals surface area contributed by atoms with Crippen molar-refractivity contribution in [2.75, 3.05) is 0 Å². The summed E-state index contributed by atoms with van der Waals surface area (Å²) in [6.07, 6.45) is 1.84. The van der Waals surface area contributed by atoms with Crippen LogP contribution in [0.1, 0.15) is 5.69 Å². The minimum Gasteiger partial charge on any atom is -0.342 e. The quantitative estimate of drug-likeness (QED) is 0.801. The third-order valence-corrected chi connectivity index (χ3v) is 2.54. The Labute approximate surface area is 90.5 Å². The van der Waals surface area contributed by atoms with Gasteiger partial charge in [-0.25, -0.2) is 4.98 Å². The normalized spacial score (nSPS) is 10.3. The lowest BCUT2D eigenvalue weighted by Crippen LogP contribution is -1.80. The van der Waals surface area contributed by atoms with Crippen LogP contribution in [0, 0.1) is 10.5 Å². The van der Waals surface area contributed by atoms with E-state index in [0.717, 1.165) is 17.1 Å². The van der Waals surface area contributed by atoms with E-state index < -0.39 is 0 Å². The summed E-state index contributed by atoms with van der Waals surface area (Å²) in [7, 11) is 0. The maximum absolute atomic E-state index is 4.26. The summed E-state index contributed by atoms with van der Waals surface area (Å²) >= 11 is 2.29. The zero-order valence-electron chi connectivity index (χ0n) is 7.21. The Morgan fingerprint density at radius 2 is 1.92 bits per heavy atom. The molecule has 0 aliphatic rings. The number of aromatic amines is 1. The molecule has 0 aliphatic heterocycles. The molecule has 2 nitrogen and oxygen atoms in total. The van der Waals surface area contributed by atoms with Crippen LogP contribution in [0.25, 0.3) is 11.4 Å². The fraction of sp³-hybridized carbons (Fsp3) is 0.100. The molecule has 0 fully saturated rings. The second-order valence-electron chi connectivity index (χ2n) is 2.92. The van der Waals surface area contributed by atoms with Gasteiger partial charge in [-0.1, -0.05) is 12.1 Å². The van der Waals surface area contributed by atoms with E-state index in [1.54, 1.807) is 0 Å². The van der Waals surface area contributed by atoms with Gasteiger partial charge < -0.3 is 4.98 Å². The van der Waals surface area contributed by atoms with Gasteiger partial charge in [0.15, 0.2) is 0 Å². The molecule has 0 saturated heterocycles. The van der Waals surface area contributed by atoms with Crippen LogP contribution in [0.4, 0.5) is 0 Å². The summed E-state index contributed by atoms with van der Waals surface area (Å²) in [5.41, 5.74) is 2.22. The highest BCUT2D eigenvalue weighted by molar-refractivity contribution is 14.1. The average molecular weight is 284 g/mol. The first-order valence-electron chi connectivity index (χ1n) is 4.03. The van der Waals surface area contributed by atoms with E-state index in [-0.39, 0.29) is 0 Å². The maximum Gasteiger partial charge on any atom is 0.137 e. The average Bonchev–Trinajstić information content (AvgIpc) is 2.53. The summed E-state index contributed by atoms with van der Waals surface area (Å²) in [6, 6.07) is 8.29. The molecule has 0 saturated carbocycles. The summed E-state index contributed by atoms with van der Waals surface area (Å²) in [5, 5.41) is 0. The van der Waals surface area contributed by atoms with E-state index in [4.69, 9.17) is 0 Å². The van der Waals surface area contributed by atoms with Crippen LogP contribution in [0.2, 0.25) is 0 Å². The monoisotopic (exact) mass is 284 g/mol. The first kappa shape index (κ1) is 8.74. The van der Waals surface area contributed by atoms with Gasteiger partial charge in [-0.2, -0.15) is 0 Å². The van der Waals surface area contributed by atoms with E-state index in [9.17, 15) is 0 Å². The molecule has 0 unspecified atom stereocenters. The van der Waals surface area contributed by atoms with Gasteiger partial charge in [0.05, 0.1) is 0 Å². The number of hydrogen-bond donors (Lipinski definition) is 1. The number of aryl methyl sites for hydroxylation is 1. The van der Waals surface area contributed by atoms with E-state index in [1.807, 2.05) is 13.1 Å². The molecule has 0 amide bonds. The van der Waals surface area contributed by atoms with Crippen LogP contribution in [0.5, 0.6) is 0 Å². The number of benzene rings is 1. The van der Waals surface area contributed by atoms with Gasteiger partial charge in [0.25, 0.3) is 0 Å². The van der Waals surface area contributed by atoms with Gasteiger partial charge >= 0.3 is 0 Å². The Bertz CT molecular complexity index is 403. The van der Waals surface area contributed by atoms with Gasteiger partial charge in [-0.3, -0.25) is 0 Å². The molecule has 0 bridgehead atoms. The van der Waals surface area contributed by atoms with Crippen LogP contribution < -0.4 is 0 Å². The molecule has 3 heteroatoms. The van der Waals surface area contributed by atoms with Crippen LogP contribution in [-0.2, 0) is 0 Å². The van der Waals surface area contributed by atoms with Crippen molar-refractivity contribution >= 4 is 22.6 Å². The minimum absolute atomic E-state index is 0.939. The van der Waals surface area contributed by atoms with E-state index >= 15 is 0 Å². The molecular weight excluding hydrogens is 275 g/mol. The van der Waals surface area contributed by atoms with E-state index in [2.05, 4.69) is 56.8 Å². The predicted molar refractivity (Wildman–Crippen MR) is 61.5 cm³/mol. The van der Waals surface area contributed by atoms with Crippen molar-refractivity contribution in [1.82, 2.24) is 9.97 Å². The number of nitrogens with one attached hydrogen (secondary N) is 1. The highest BCUT2D eigenvalue weighted by atomic mass is 127. The van der Waals surface area contributed by atoms with E-state index in [0.29, 0.717) is 0 Å². The number of halogens is 1. The van der Waals surface area contributed by atoms with Crippen molar-refractivity contribution in [3.05, 3.63) is 39.7 Å². The lowest BCUT2D eigenvalue weighted by atomic mass is 10.2. The van der Waals surface area contributed by atoms with Gasteiger partial charge in [-0.15, -0.1) is 0 Å². The lowest BCUT2D eigenvalue weighted by Gasteiger charge is -1.95. The molecule has 1 aromatic carbocycles. The number of rotatable bonds is 1. The molecule has 1 heterocycles. The number of nitrogens with zero attached hydrogens (tertiary/aromatic N) is 1. The summed E-state index contributed by atoms with van der Waals surface area (Å²) in [4.78, 5) is 7.46. The van der Waals surface area contributed by atoms with Crippen LogP contribution >= 0.6 is 22.6 Å². The third-order valence-electron chi connectivity index (χ3n) is 1.82. The van der Waals surface area contributed by atoms with Crippen molar-refractivity contribution in [3.63, 3.8) is 0 Å². The highest BCUT2D eigenvalue weighted by Gasteiger charge is 1.99. The van der Waals surface area contributed by atoms with Crippen molar-refractivity contribution in [3.8, 4) is 11.4 Å². The first-order valence-corrected chi connectivity index (χ1v) is 5.11. The fourth-order valence-corrected chi connectivity index (χ4v) is 1.53. The summed E-state index contributed by atoms with van der Waals surface area (Å²) in [6.45, 7) is 2.00. The second kappa shape index (κ2) is 3.49. The molecule has 66 valence electrons. The number of imidazole rings is 1. The van der Waals surface area contributed by atoms with Crippen molar-refractivity contribution < 1.29 is 0 Å². The standard InChI is InChI=1S/C10H9IN2/c1-7-6-12-10(13-7)8-2-4-9(11)5-3-8/h2-6H,1H3,(H,12,13). The smallest absolute Gasteiger partial charge is 0.137 e.